The topological polar surface area (TPSA) is 34.9 Å². The van der Waals surface area contributed by atoms with Crippen molar-refractivity contribution in [2.75, 3.05) is 0 Å². The van der Waals surface area contributed by atoms with Gasteiger partial charge in [0, 0.05) is 12.6 Å². The predicted molar refractivity (Wildman–Crippen MR) is 78.5 cm³/mol. The summed E-state index contributed by atoms with van der Waals surface area (Å²) in [7, 11) is 0. The van der Waals surface area contributed by atoms with Crippen molar-refractivity contribution >= 4 is 5.78 Å². The predicted octanol–water partition coefficient (Wildman–Crippen LogP) is 3.49. The molecular weight excluding hydrogens is 267 g/mol. The molecule has 110 valence electrons. The first-order valence-corrected chi connectivity index (χ1v) is 7.51. The molecule has 1 fully saturated rings. The highest BCUT2D eigenvalue weighted by atomic mass is 19.1. The van der Waals surface area contributed by atoms with Gasteiger partial charge in [-0.1, -0.05) is 25.0 Å². The standard InChI is InChI=1S/C17H19FN2O/c18-14-7-5-13(6-8-14)11-17(21)12-15-9-10-20(19-15)16-3-1-2-4-16/h5-10,16H,1-4,11-12H2. The molecule has 0 aliphatic heterocycles. The second-order valence-electron chi connectivity index (χ2n) is 5.74. The highest BCUT2D eigenvalue weighted by Crippen LogP contribution is 2.28. The Balaban J connectivity index is 1.58. The molecule has 3 rings (SSSR count). The molecule has 21 heavy (non-hydrogen) atoms. The number of hydrogen-bond acceptors (Lipinski definition) is 2. The van der Waals surface area contributed by atoms with Gasteiger partial charge in [-0.25, -0.2) is 4.39 Å². The number of ketones is 1. The van der Waals surface area contributed by atoms with E-state index in [1.54, 1.807) is 12.1 Å². The van der Waals surface area contributed by atoms with Crippen LogP contribution in [0.4, 0.5) is 4.39 Å². The van der Waals surface area contributed by atoms with Gasteiger partial charge in [-0.2, -0.15) is 5.10 Å². The largest absolute Gasteiger partial charge is 0.299 e. The minimum Gasteiger partial charge on any atom is -0.299 e. The molecule has 0 atom stereocenters. The Hall–Kier alpha value is -1.97. The van der Waals surface area contributed by atoms with Crippen LogP contribution < -0.4 is 0 Å². The van der Waals surface area contributed by atoms with Crippen LogP contribution in [-0.2, 0) is 17.6 Å². The van der Waals surface area contributed by atoms with Gasteiger partial charge in [0.2, 0.25) is 0 Å². The number of benzene rings is 1. The van der Waals surface area contributed by atoms with Crippen LogP contribution in [-0.4, -0.2) is 15.6 Å². The Morgan fingerprint density at radius 1 is 1.14 bits per heavy atom. The van der Waals surface area contributed by atoms with Crippen LogP contribution in [0.25, 0.3) is 0 Å². The van der Waals surface area contributed by atoms with Crippen molar-refractivity contribution in [3.8, 4) is 0 Å². The van der Waals surface area contributed by atoms with Crippen molar-refractivity contribution in [3.05, 3.63) is 53.6 Å². The summed E-state index contributed by atoms with van der Waals surface area (Å²) in [4.78, 5) is 12.1. The van der Waals surface area contributed by atoms with Gasteiger partial charge in [0.25, 0.3) is 0 Å². The molecule has 0 unspecified atom stereocenters. The fourth-order valence-corrected chi connectivity index (χ4v) is 2.94. The molecule has 0 amide bonds. The van der Waals surface area contributed by atoms with Crippen molar-refractivity contribution in [2.24, 2.45) is 0 Å². The van der Waals surface area contributed by atoms with Crippen molar-refractivity contribution in [1.82, 2.24) is 9.78 Å². The third-order valence-corrected chi connectivity index (χ3v) is 4.06. The number of Topliss-reactive ketones (excluding diaryl/α,β-unsaturated/α-hetero) is 1. The van der Waals surface area contributed by atoms with Gasteiger partial charge >= 0.3 is 0 Å². The summed E-state index contributed by atoms with van der Waals surface area (Å²) >= 11 is 0. The highest BCUT2D eigenvalue weighted by molar-refractivity contribution is 5.82. The average molecular weight is 286 g/mol. The summed E-state index contributed by atoms with van der Waals surface area (Å²) in [5.41, 5.74) is 1.67. The molecule has 0 radical (unpaired) electrons. The molecule has 1 heterocycles. The summed E-state index contributed by atoms with van der Waals surface area (Å²) in [6, 6.07) is 8.52. The molecule has 1 aliphatic carbocycles. The minimum absolute atomic E-state index is 0.110. The van der Waals surface area contributed by atoms with E-state index >= 15 is 0 Å². The lowest BCUT2D eigenvalue weighted by atomic mass is 10.1. The first-order chi connectivity index (χ1) is 10.2. The number of nitrogens with zero attached hydrogens (tertiary/aromatic N) is 2. The fraction of sp³-hybridized carbons (Fsp3) is 0.412. The van der Waals surface area contributed by atoms with E-state index in [-0.39, 0.29) is 11.6 Å². The fourth-order valence-electron chi connectivity index (χ4n) is 2.94. The average Bonchev–Trinajstić information content (AvgIpc) is 3.12. The van der Waals surface area contributed by atoms with E-state index in [0.717, 1.165) is 11.3 Å². The normalized spacial score (nSPS) is 15.5. The lowest BCUT2D eigenvalue weighted by Gasteiger charge is -2.08. The lowest BCUT2D eigenvalue weighted by Crippen LogP contribution is -2.09. The van der Waals surface area contributed by atoms with Crippen molar-refractivity contribution in [2.45, 2.75) is 44.6 Å². The second-order valence-corrected chi connectivity index (χ2v) is 5.74. The van der Waals surface area contributed by atoms with E-state index in [4.69, 9.17) is 0 Å². The number of aromatic nitrogens is 2. The maximum Gasteiger partial charge on any atom is 0.143 e. The van der Waals surface area contributed by atoms with Crippen molar-refractivity contribution in [1.29, 1.82) is 0 Å². The molecule has 1 saturated carbocycles. The number of halogens is 1. The van der Waals surface area contributed by atoms with Crippen molar-refractivity contribution < 1.29 is 9.18 Å². The van der Waals surface area contributed by atoms with E-state index < -0.39 is 0 Å². The van der Waals surface area contributed by atoms with Gasteiger partial charge in [-0.15, -0.1) is 0 Å². The molecule has 0 spiro atoms. The molecule has 2 aromatic rings. The Morgan fingerprint density at radius 2 is 1.86 bits per heavy atom. The summed E-state index contributed by atoms with van der Waals surface area (Å²) in [6.45, 7) is 0. The van der Waals surface area contributed by atoms with Crippen LogP contribution in [0.2, 0.25) is 0 Å². The molecular formula is C17H19FN2O. The van der Waals surface area contributed by atoms with E-state index in [1.165, 1.54) is 37.8 Å². The monoisotopic (exact) mass is 286 g/mol. The van der Waals surface area contributed by atoms with Gasteiger partial charge < -0.3 is 0 Å². The zero-order valence-electron chi connectivity index (χ0n) is 12.0. The van der Waals surface area contributed by atoms with Gasteiger partial charge in [0.05, 0.1) is 18.2 Å². The molecule has 0 saturated heterocycles. The maximum absolute atomic E-state index is 12.8. The van der Waals surface area contributed by atoms with E-state index in [2.05, 4.69) is 5.10 Å². The highest BCUT2D eigenvalue weighted by Gasteiger charge is 2.18. The first kappa shape index (κ1) is 14.0. The number of rotatable bonds is 5. The molecule has 3 nitrogen and oxygen atoms in total. The minimum atomic E-state index is -0.276. The summed E-state index contributed by atoms with van der Waals surface area (Å²) in [5, 5.41) is 4.52. The Kier molecular flexibility index (Phi) is 4.13. The SMILES string of the molecule is O=C(Cc1ccc(F)cc1)Cc1ccn(C2CCCC2)n1. The maximum atomic E-state index is 12.8. The third-order valence-electron chi connectivity index (χ3n) is 4.06. The quantitative estimate of drug-likeness (QED) is 0.843. The summed E-state index contributed by atoms with van der Waals surface area (Å²) in [6.07, 6.45) is 7.56. The summed E-state index contributed by atoms with van der Waals surface area (Å²) < 4.78 is 14.8. The molecule has 1 aromatic carbocycles. The van der Waals surface area contributed by atoms with Crippen LogP contribution in [0.5, 0.6) is 0 Å². The van der Waals surface area contributed by atoms with E-state index in [1.807, 2.05) is 16.9 Å². The van der Waals surface area contributed by atoms with Crippen molar-refractivity contribution in [3.63, 3.8) is 0 Å². The second kappa shape index (κ2) is 6.20. The Labute approximate surface area is 123 Å². The van der Waals surface area contributed by atoms with Gasteiger partial charge in [-0.3, -0.25) is 9.48 Å². The molecule has 4 heteroatoms. The molecule has 1 aromatic heterocycles. The van der Waals surface area contributed by atoms with Crippen LogP contribution in [0, 0.1) is 5.82 Å². The number of carbonyl (C=O) groups is 1. The number of carbonyl (C=O) groups excluding carboxylic acids is 1. The van der Waals surface area contributed by atoms with Crippen LogP contribution in [0.1, 0.15) is 43.0 Å². The van der Waals surface area contributed by atoms with Gasteiger partial charge in [-0.05, 0) is 36.6 Å². The smallest absolute Gasteiger partial charge is 0.143 e. The lowest BCUT2D eigenvalue weighted by molar-refractivity contribution is -0.117. The van der Waals surface area contributed by atoms with Crippen LogP contribution in [0.15, 0.2) is 36.5 Å². The summed E-state index contributed by atoms with van der Waals surface area (Å²) in [5.74, 6) is -0.167. The molecule has 0 N–H and O–H groups in total. The van der Waals surface area contributed by atoms with Gasteiger partial charge in [0.15, 0.2) is 0 Å². The molecule has 1 aliphatic rings. The Bertz CT molecular complexity index is 612. The first-order valence-electron chi connectivity index (χ1n) is 7.51. The van der Waals surface area contributed by atoms with E-state index in [0.29, 0.717) is 18.9 Å². The number of hydrogen-bond donors (Lipinski definition) is 0. The third kappa shape index (κ3) is 3.57. The van der Waals surface area contributed by atoms with E-state index in [9.17, 15) is 9.18 Å². The zero-order chi connectivity index (χ0) is 14.7. The Morgan fingerprint density at radius 3 is 2.57 bits per heavy atom. The van der Waals surface area contributed by atoms with Crippen LogP contribution >= 0.6 is 0 Å². The van der Waals surface area contributed by atoms with Gasteiger partial charge in [0.1, 0.15) is 11.6 Å². The molecule has 0 bridgehead atoms. The van der Waals surface area contributed by atoms with Crippen LogP contribution in [0.3, 0.4) is 0 Å². The zero-order valence-corrected chi connectivity index (χ0v) is 12.0.